The first-order chi connectivity index (χ1) is 14.2. The van der Waals surface area contributed by atoms with Crippen molar-refractivity contribution in [2.24, 2.45) is 0 Å². The topological polar surface area (TPSA) is 51.2 Å². The Kier molecular flexibility index (Phi) is 6.09. The zero-order valence-electron chi connectivity index (χ0n) is 17.0. The molecule has 0 radical (unpaired) electrons. The lowest BCUT2D eigenvalue weighted by Crippen LogP contribution is -2.35. The first kappa shape index (κ1) is 19.4. The number of carbonyl (C=O) groups excluding carboxylic acids is 1. The van der Waals surface area contributed by atoms with Crippen LogP contribution in [-0.4, -0.2) is 24.0 Å². The average Bonchev–Trinajstić information content (AvgIpc) is 2.74. The van der Waals surface area contributed by atoms with Crippen molar-refractivity contribution in [1.82, 2.24) is 10.3 Å². The van der Waals surface area contributed by atoms with E-state index in [2.05, 4.69) is 5.32 Å². The zero-order chi connectivity index (χ0) is 20.1. The molecule has 4 nitrogen and oxygen atoms in total. The van der Waals surface area contributed by atoms with Crippen LogP contribution in [0.1, 0.15) is 55.3 Å². The number of aromatic nitrogens is 1. The smallest absolute Gasteiger partial charge is 0.252 e. The number of amides is 1. The quantitative estimate of drug-likeness (QED) is 0.619. The van der Waals surface area contributed by atoms with Gasteiger partial charge in [0.1, 0.15) is 5.75 Å². The van der Waals surface area contributed by atoms with Crippen LogP contribution in [0.5, 0.6) is 5.75 Å². The van der Waals surface area contributed by atoms with Gasteiger partial charge in [-0.3, -0.25) is 4.79 Å². The molecule has 29 heavy (non-hydrogen) atoms. The molecule has 1 aliphatic rings. The van der Waals surface area contributed by atoms with Gasteiger partial charge in [-0.1, -0.05) is 50.3 Å². The maximum Gasteiger partial charge on any atom is 0.252 e. The van der Waals surface area contributed by atoms with Gasteiger partial charge in [-0.25, -0.2) is 4.98 Å². The molecule has 2 aromatic carbocycles. The van der Waals surface area contributed by atoms with Crippen LogP contribution in [0.4, 0.5) is 0 Å². The summed E-state index contributed by atoms with van der Waals surface area (Å²) in [6.07, 6.45) is 8.39. The van der Waals surface area contributed by atoms with Gasteiger partial charge in [-0.05, 0) is 49.2 Å². The molecule has 0 aliphatic heterocycles. The van der Waals surface area contributed by atoms with Crippen molar-refractivity contribution in [2.75, 3.05) is 7.11 Å². The van der Waals surface area contributed by atoms with E-state index >= 15 is 0 Å². The molecule has 0 bridgehead atoms. The number of methoxy groups -OCH3 is 1. The Labute approximate surface area is 172 Å². The van der Waals surface area contributed by atoms with E-state index in [1.165, 1.54) is 32.1 Å². The van der Waals surface area contributed by atoms with Crippen molar-refractivity contribution in [3.8, 4) is 17.0 Å². The number of para-hydroxylation sites is 1. The molecule has 1 fully saturated rings. The second kappa shape index (κ2) is 9.08. The van der Waals surface area contributed by atoms with Gasteiger partial charge in [0, 0.05) is 17.0 Å². The Morgan fingerprint density at radius 2 is 1.66 bits per heavy atom. The number of ether oxygens (including phenoxy) is 1. The molecule has 1 aromatic heterocycles. The molecule has 4 rings (SSSR count). The molecule has 0 unspecified atom stereocenters. The highest BCUT2D eigenvalue weighted by molar-refractivity contribution is 6.07. The minimum Gasteiger partial charge on any atom is -0.497 e. The van der Waals surface area contributed by atoms with Crippen LogP contribution in [0.15, 0.2) is 54.6 Å². The molecule has 1 N–H and O–H groups in total. The number of fused-ring (bicyclic) bond motifs is 1. The standard InChI is InChI=1S/C25H28N2O2/c1-29-20-15-13-18(14-16-20)24-17-22(21-11-7-8-12-23(21)27-24)25(28)26-19-9-5-3-2-4-6-10-19/h7-8,11-17,19H,2-6,9-10H2,1H3,(H,26,28). The Bertz CT molecular complexity index is 974. The summed E-state index contributed by atoms with van der Waals surface area (Å²) < 4.78 is 5.26. The van der Waals surface area contributed by atoms with Crippen molar-refractivity contribution in [3.63, 3.8) is 0 Å². The third kappa shape index (κ3) is 4.58. The lowest BCUT2D eigenvalue weighted by atomic mass is 9.96. The van der Waals surface area contributed by atoms with Crippen LogP contribution >= 0.6 is 0 Å². The molecule has 1 aliphatic carbocycles. The van der Waals surface area contributed by atoms with E-state index in [1.54, 1.807) is 7.11 Å². The second-order valence-corrected chi connectivity index (χ2v) is 7.82. The predicted octanol–water partition coefficient (Wildman–Crippen LogP) is 5.75. The Morgan fingerprint density at radius 1 is 0.966 bits per heavy atom. The van der Waals surface area contributed by atoms with Gasteiger partial charge in [0.05, 0.1) is 23.9 Å². The fourth-order valence-electron chi connectivity index (χ4n) is 4.14. The van der Waals surface area contributed by atoms with E-state index in [0.717, 1.165) is 40.8 Å². The van der Waals surface area contributed by atoms with E-state index in [4.69, 9.17) is 9.72 Å². The van der Waals surface area contributed by atoms with E-state index in [9.17, 15) is 4.79 Å². The molecule has 0 saturated heterocycles. The molecule has 0 atom stereocenters. The maximum absolute atomic E-state index is 13.3. The van der Waals surface area contributed by atoms with Crippen molar-refractivity contribution in [3.05, 3.63) is 60.2 Å². The summed E-state index contributed by atoms with van der Waals surface area (Å²) in [5.41, 5.74) is 3.30. The van der Waals surface area contributed by atoms with Gasteiger partial charge >= 0.3 is 0 Å². The fourth-order valence-corrected chi connectivity index (χ4v) is 4.14. The monoisotopic (exact) mass is 388 g/mol. The van der Waals surface area contributed by atoms with Crippen molar-refractivity contribution >= 4 is 16.8 Å². The summed E-state index contributed by atoms with van der Waals surface area (Å²) in [6.45, 7) is 0. The van der Waals surface area contributed by atoms with Crippen LogP contribution in [-0.2, 0) is 0 Å². The van der Waals surface area contributed by atoms with Crippen molar-refractivity contribution in [1.29, 1.82) is 0 Å². The van der Waals surface area contributed by atoms with Gasteiger partial charge in [-0.2, -0.15) is 0 Å². The fraction of sp³-hybridized carbons (Fsp3) is 0.360. The molecule has 0 spiro atoms. The highest BCUT2D eigenvalue weighted by atomic mass is 16.5. The molecular formula is C25H28N2O2. The molecule has 150 valence electrons. The number of hydrogen-bond acceptors (Lipinski definition) is 3. The summed E-state index contributed by atoms with van der Waals surface area (Å²) in [6, 6.07) is 17.8. The largest absolute Gasteiger partial charge is 0.497 e. The van der Waals surface area contributed by atoms with Crippen molar-refractivity contribution in [2.45, 2.75) is 51.0 Å². The first-order valence-corrected chi connectivity index (χ1v) is 10.6. The predicted molar refractivity (Wildman–Crippen MR) is 117 cm³/mol. The van der Waals surface area contributed by atoms with Gasteiger partial charge in [0.25, 0.3) is 5.91 Å². The number of nitrogens with zero attached hydrogens (tertiary/aromatic N) is 1. The van der Waals surface area contributed by atoms with Gasteiger partial charge < -0.3 is 10.1 Å². The number of rotatable bonds is 4. The van der Waals surface area contributed by atoms with Crippen molar-refractivity contribution < 1.29 is 9.53 Å². The van der Waals surface area contributed by atoms with Crippen LogP contribution < -0.4 is 10.1 Å². The number of hydrogen-bond donors (Lipinski definition) is 1. The summed E-state index contributed by atoms with van der Waals surface area (Å²) >= 11 is 0. The number of benzene rings is 2. The highest BCUT2D eigenvalue weighted by Crippen LogP contribution is 2.27. The lowest BCUT2D eigenvalue weighted by molar-refractivity contribution is 0.0932. The molecule has 1 heterocycles. The Morgan fingerprint density at radius 3 is 2.38 bits per heavy atom. The Hall–Kier alpha value is -2.88. The van der Waals surface area contributed by atoms with Crippen LogP contribution in [0.25, 0.3) is 22.2 Å². The summed E-state index contributed by atoms with van der Waals surface area (Å²) in [7, 11) is 1.65. The van der Waals surface area contributed by atoms with Gasteiger partial charge in [0.15, 0.2) is 0 Å². The molecule has 1 saturated carbocycles. The first-order valence-electron chi connectivity index (χ1n) is 10.6. The summed E-state index contributed by atoms with van der Waals surface area (Å²) in [5.74, 6) is 0.806. The SMILES string of the molecule is COc1ccc(-c2cc(C(=O)NC3CCCCCCC3)c3ccccc3n2)cc1. The maximum atomic E-state index is 13.3. The normalized spacial score (nSPS) is 15.5. The third-order valence-corrected chi connectivity index (χ3v) is 5.79. The number of pyridine rings is 1. The second-order valence-electron chi connectivity index (χ2n) is 7.82. The molecular weight excluding hydrogens is 360 g/mol. The molecule has 1 amide bonds. The summed E-state index contributed by atoms with van der Waals surface area (Å²) in [5, 5.41) is 4.20. The zero-order valence-corrected chi connectivity index (χ0v) is 17.0. The van der Waals surface area contributed by atoms with Crippen LogP contribution in [0.2, 0.25) is 0 Å². The summed E-state index contributed by atoms with van der Waals surface area (Å²) in [4.78, 5) is 18.0. The van der Waals surface area contributed by atoms with E-state index in [-0.39, 0.29) is 11.9 Å². The average molecular weight is 389 g/mol. The Balaban J connectivity index is 1.67. The third-order valence-electron chi connectivity index (χ3n) is 5.79. The van der Waals surface area contributed by atoms with E-state index in [0.29, 0.717) is 5.56 Å². The number of carbonyl (C=O) groups is 1. The van der Waals surface area contributed by atoms with Crippen LogP contribution in [0.3, 0.4) is 0 Å². The van der Waals surface area contributed by atoms with Gasteiger partial charge in [-0.15, -0.1) is 0 Å². The minimum absolute atomic E-state index is 0.00364. The minimum atomic E-state index is 0.00364. The molecule has 4 heteroatoms. The van der Waals surface area contributed by atoms with Gasteiger partial charge in [0.2, 0.25) is 0 Å². The molecule has 3 aromatic rings. The van der Waals surface area contributed by atoms with E-state index in [1.807, 2.05) is 54.6 Å². The number of nitrogens with one attached hydrogen (secondary N) is 1. The highest BCUT2D eigenvalue weighted by Gasteiger charge is 2.18. The lowest BCUT2D eigenvalue weighted by Gasteiger charge is -2.21. The van der Waals surface area contributed by atoms with E-state index < -0.39 is 0 Å². The van der Waals surface area contributed by atoms with Crippen LogP contribution in [0, 0.1) is 0 Å².